The van der Waals surface area contributed by atoms with Gasteiger partial charge in [-0.3, -0.25) is 0 Å². The van der Waals surface area contributed by atoms with E-state index in [1.165, 1.54) is 25.8 Å². The zero-order valence-corrected chi connectivity index (χ0v) is 19.4. The third-order valence-electron chi connectivity index (χ3n) is 4.99. The van der Waals surface area contributed by atoms with E-state index < -0.39 is 0 Å². The average molecular weight is 433 g/mol. The van der Waals surface area contributed by atoms with Gasteiger partial charge in [0.1, 0.15) is 5.01 Å². The van der Waals surface area contributed by atoms with Gasteiger partial charge in [0.05, 0.1) is 15.2 Å². The summed E-state index contributed by atoms with van der Waals surface area (Å²) in [4.78, 5) is 6.06. The lowest BCUT2D eigenvalue weighted by Crippen LogP contribution is -2.18. The Morgan fingerprint density at radius 3 is 2.63 bits per heavy atom. The van der Waals surface area contributed by atoms with Crippen LogP contribution in [0.1, 0.15) is 38.6 Å². The first-order chi connectivity index (χ1) is 14.5. The van der Waals surface area contributed by atoms with Crippen molar-refractivity contribution in [1.29, 1.82) is 0 Å². The predicted molar refractivity (Wildman–Crippen MR) is 133 cm³/mol. The molecule has 0 atom stereocenters. The number of hydrogen-bond donors (Lipinski definition) is 1. The molecule has 0 unspecified atom stereocenters. The van der Waals surface area contributed by atoms with Crippen LogP contribution in [-0.4, -0.2) is 11.5 Å². The minimum Gasteiger partial charge on any atom is -0.380 e. The van der Waals surface area contributed by atoms with E-state index in [1.807, 2.05) is 0 Å². The molecule has 0 radical (unpaired) electrons. The van der Waals surface area contributed by atoms with Gasteiger partial charge in [-0.25, -0.2) is 4.98 Å². The Bertz CT molecular complexity index is 1070. The third kappa shape index (κ3) is 5.44. The van der Waals surface area contributed by atoms with Crippen LogP contribution in [0.4, 0.5) is 0 Å². The van der Waals surface area contributed by atoms with E-state index in [-0.39, 0.29) is 5.41 Å². The maximum atomic E-state index is 4.81. The Balaban J connectivity index is 1.64. The van der Waals surface area contributed by atoms with E-state index in [4.69, 9.17) is 4.98 Å². The van der Waals surface area contributed by atoms with Crippen LogP contribution in [0.5, 0.6) is 0 Å². The summed E-state index contributed by atoms with van der Waals surface area (Å²) in [5, 5.41) is 5.83. The number of benzene rings is 2. The number of allylic oxidation sites excluding steroid dienone is 4. The lowest BCUT2D eigenvalue weighted by Gasteiger charge is -2.30. The molecule has 4 rings (SSSR count). The summed E-state index contributed by atoms with van der Waals surface area (Å²) in [6, 6.07) is 18.9. The molecule has 1 aliphatic rings. The molecule has 30 heavy (non-hydrogen) atoms. The lowest BCUT2D eigenvalue weighted by atomic mass is 9.75. The van der Waals surface area contributed by atoms with Crippen LogP contribution in [0.2, 0.25) is 0 Å². The van der Waals surface area contributed by atoms with E-state index >= 15 is 0 Å². The summed E-state index contributed by atoms with van der Waals surface area (Å²) in [5.74, 6) is 0. The van der Waals surface area contributed by atoms with Gasteiger partial charge in [-0.2, -0.15) is 0 Å². The fraction of sp³-hybridized carbons (Fsp3) is 0.269. The van der Waals surface area contributed by atoms with Crippen molar-refractivity contribution in [2.75, 3.05) is 6.54 Å². The standard InChI is InChI=1S/C26H28N2S2/c1-4-27-24(29-21-10-6-5-7-11-21)15-19-14-20(18-26(2,3)17-19)16-25-28-22-12-8-9-13-23(22)30-25/h5-16,27H,4,17-18H2,1-3H3. The molecule has 1 aliphatic carbocycles. The van der Waals surface area contributed by atoms with E-state index in [2.05, 4.69) is 98.9 Å². The summed E-state index contributed by atoms with van der Waals surface area (Å²) in [7, 11) is 0. The Hall–Kier alpha value is -2.30. The molecule has 0 saturated carbocycles. The van der Waals surface area contributed by atoms with Gasteiger partial charge in [0.25, 0.3) is 0 Å². The lowest BCUT2D eigenvalue weighted by molar-refractivity contribution is 0.356. The first-order valence-corrected chi connectivity index (χ1v) is 12.1. The molecule has 3 aromatic rings. The van der Waals surface area contributed by atoms with E-state index in [1.54, 1.807) is 23.1 Å². The fourth-order valence-electron chi connectivity index (χ4n) is 3.88. The van der Waals surface area contributed by atoms with Crippen molar-refractivity contribution in [2.24, 2.45) is 5.41 Å². The van der Waals surface area contributed by atoms with Crippen LogP contribution in [0, 0.1) is 5.41 Å². The van der Waals surface area contributed by atoms with Gasteiger partial charge in [0, 0.05) is 11.4 Å². The number of aromatic nitrogens is 1. The Morgan fingerprint density at radius 1 is 1.10 bits per heavy atom. The first-order valence-electron chi connectivity index (χ1n) is 10.5. The largest absolute Gasteiger partial charge is 0.380 e. The van der Waals surface area contributed by atoms with Crippen LogP contribution in [-0.2, 0) is 0 Å². The number of thioether (sulfide) groups is 1. The summed E-state index contributed by atoms with van der Waals surface area (Å²) in [6.45, 7) is 7.78. The van der Waals surface area contributed by atoms with Crippen molar-refractivity contribution < 1.29 is 0 Å². The van der Waals surface area contributed by atoms with E-state index in [0.717, 1.165) is 29.9 Å². The van der Waals surface area contributed by atoms with Gasteiger partial charge in [-0.15, -0.1) is 11.3 Å². The highest BCUT2D eigenvalue weighted by atomic mass is 32.2. The molecule has 0 aliphatic heterocycles. The molecule has 0 fully saturated rings. The molecule has 1 N–H and O–H groups in total. The van der Waals surface area contributed by atoms with Gasteiger partial charge in [-0.05, 0) is 72.7 Å². The molecule has 1 aromatic heterocycles. The fourth-order valence-corrected chi connectivity index (χ4v) is 5.80. The molecular weight excluding hydrogens is 404 g/mol. The molecule has 0 amide bonds. The second-order valence-corrected chi connectivity index (χ2v) is 10.6. The minimum absolute atomic E-state index is 0.234. The number of nitrogens with one attached hydrogen (secondary N) is 1. The monoisotopic (exact) mass is 432 g/mol. The number of hydrogen-bond acceptors (Lipinski definition) is 4. The van der Waals surface area contributed by atoms with Crippen molar-refractivity contribution in [3.8, 4) is 0 Å². The van der Waals surface area contributed by atoms with Crippen LogP contribution >= 0.6 is 23.1 Å². The van der Waals surface area contributed by atoms with Gasteiger partial charge in [0.2, 0.25) is 0 Å². The second kappa shape index (κ2) is 9.23. The van der Waals surface area contributed by atoms with Crippen LogP contribution in [0.15, 0.2) is 87.8 Å². The van der Waals surface area contributed by atoms with Crippen molar-refractivity contribution in [3.63, 3.8) is 0 Å². The van der Waals surface area contributed by atoms with E-state index in [0.29, 0.717) is 0 Å². The third-order valence-corrected chi connectivity index (χ3v) is 6.97. The molecule has 4 heteroatoms. The number of nitrogens with zero attached hydrogens (tertiary/aromatic N) is 1. The maximum absolute atomic E-state index is 4.81. The maximum Gasteiger partial charge on any atom is 0.117 e. The molecule has 1 heterocycles. The molecule has 154 valence electrons. The molecule has 0 saturated heterocycles. The molecular formula is C26H28N2S2. The first kappa shape index (κ1) is 21.0. The van der Waals surface area contributed by atoms with Gasteiger partial charge in [0.15, 0.2) is 0 Å². The highest BCUT2D eigenvalue weighted by Gasteiger charge is 2.25. The number of para-hydroxylation sites is 1. The van der Waals surface area contributed by atoms with Crippen LogP contribution < -0.4 is 5.32 Å². The average Bonchev–Trinajstić information content (AvgIpc) is 3.10. The van der Waals surface area contributed by atoms with Crippen molar-refractivity contribution in [2.45, 2.75) is 38.5 Å². The SMILES string of the molecule is CCNC(=CC1=CC(=Cc2nc3ccccc3s2)CC(C)(C)C1)Sc1ccccc1. The van der Waals surface area contributed by atoms with Crippen molar-refractivity contribution in [1.82, 2.24) is 10.3 Å². The number of rotatable bonds is 6. The van der Waals surface area contributed by atoms with Gasteiger partial charge in [-0.1, -0.05) is 62.0 Å². The zero-order valence-electron chi connectivity index (χ0n) is 17.8. The summed E-state index contributed by atoms with van der Waals surface area (Å²) < 4.78 is 1.25. The Kier molecular flexibility index (Phi) is 6.45. The van der Waals surface area contributed by atoms with Crippen molar-refractivity contribution in [3.05, 3.63) is 87.9 Å². The highest BCUT2D eigenvalue weighted by molar-refractivity contribution is 8.03. The molecule has 2 aromatic carbocycles. The van der Waals surface area contributed by atoms with Crippen LogP contribution in [0.25, 0.3) is 16.3 Å². The topological polar surface area (TPSA) is 24.9 Å². The quantitative estimate of drug-likeness (QED) is 0.405. The summed E-state index contributed by atoms with van der Waals surface area (Å²) in [6.07, 6.45) is 9.11. The normalized spacial score (nSPS) is 17.9. The predicted octanol–water partition coefficient (Wildman–Crippen LogP) is 7.67. The summed E-state index contributed by atoms with van der Waals surface area (Å²) in [5.41, 5.74) is 4.05. The van der Waals surface area contributed by atoms with Gasteiger partial charge >= 0.3 is 0 Å². The summed E-state index contributed by atoms with van der Waals surface area (Å²) >= 11 is 3.56. The highest BCUT2D eigenvalue weighted by Crippen LogP contribution is 2.40. The molecule has 0 spiro atoms. The number of thiazole rings is 1. The molecule has 0 bridgehead atoms. The van der Waals surface area contributed by atoms with Gasteiger partial charge < -0.3 is 5.32 Å². The smallest absolute Gasteiger partial charge is 0.117 e. The van der Waals surface area contributed by atoms with Crippen molar-refractivity contribution >= 4 is 39.4 Å². The van der Waals surface area contributed by atoms with E-state index in [9.17, 15) is 0 Å². The number of fused-ring (bicyclic) bond motifs is 1. The second-order valence-electron chi connectivity index (χ2n) is 8.43. The Morgan fingerprint density at radius 2 is 1.87 bits per heavy atom. The van der Waals surface area contributed by atoms with Crippen LogP contribution in [0.3, 0.4) is 0 Å². The molecule has 2 nitrogen and oxygen atoms in total. The minimum atomic E-state index is 0.234. The zero-order chi connectivity index (χ0) is 21.0. The Labute approximate surface area is 187 Å².